The molecule has 0 radical (unpaired) electrons. The summed E-state index contributed by atoms with van der Waals surface area (Å²) in [6.07, 6.45) is 47.4. The second kappa shape index (κ2) is 41.5. The van der Waals surface area contributed by atoms with Crippen LogP contribution >= 0.6 is 0 Å². The SMILES string of the molecule is CC/C=C\C/C=C\C/C=C\C/C=C\C/C=C\C/C=C\C/C=C\CCCCCCOCC(COC1OC(CO)C(O)C(OS(=O)(=O)O)C1O)OC(=O)CCCCCCC/C=C\CCCC. The number of carbonyl (C=O) groups excluding carboxylic acids is 1. The topological polar surface area (TPSA) is 178 Å². The standard InChI is InChI=1S/C51H84O12S/c1-3-5-7-9-11-13-15-16-17-18-19-20-21-22-23-24-25-26-27-28-29-31-33-35-37-39-41-59-43-45(61-47(53)40-38-36-34-32-30-14-12-10-8-6-4-2)44-60-51-49(55)50(63-64(56,57)58)48(54)46(42-52)62-51/h5,7,10-13,16-17,19-20,22-23,25-26,28-29,45-46,48-52,54-55H,3-4,6,8-9,14-15,18,21,24,27,30-44H2,1-2H3,(H,56,57,58)/b7-5-,12-10-,13-11-,17-16-,20-19-,23-22-,26-25-,29-28-. The molecule has 0 aromatic heterocycles. The Morgan fingerprint density at radius 2 is 1.08 bits per heavy atom. The largest absolute Gasteiger partial charge is 0.457 e. The fourth-order valence-electron chi connectivity index (χ4n) is 6.57. The van der Waals surface area contributed by atoms with Crippen molar-refractivity contribution in [2.24, 2.45) is 0 Å². The van der Waals surface area contributed by atoms with Crippen molar-refractivity contribution in [3.8, 4) is 0 Å². The Kier molecular flexibility index (Phi) is 38.2. The van der Waals surface area contributed by atoms with Gasteiger partial charge in [-0.15, -0.1) is 0 Å². The first-order valence-corrected chi connectivity index (χ1v) is 25.4. The zero-order chi connectivity index (χ0) is 46.8. The molecule has 1 heterocycles. The number of unbranched alkanes of at least 4 members (excludes halogenated alkanes) is 11. The fraction of sp³-hybridized carbons (Fsp3) is 0.667. The van der Waals surface area contributed by atoms with E-state index in [0.717, 1.165) is 116 Å². The van der Waals surface area contributed by atoms with E-state index in [9.17, 15) is 28.5 Å². The maximum atomic E-state index is 12.8. The van der Waals surface area contributed by atoms with Gasteiger partial charge in [-0.3, -0.25) is 9.35 Å². The van der Waals surface area contributed by atoms with Gasteiger partial charge in [0.05, 0.1) is 19.8 Å². The highest BCUT2D eigenvalue weighted by atomic mass is 32.3. The van der Waals surface area contributed by atoms with Gasteiger partial charge >= 0.3 is 16.4 Å². The zero-order valence-corrected chi connectivity index (χ0v) is 39.9. The first-order chi connectivity index (χ1) is 31.1. The molecule has 4 N–H and O–H groups in total. The summed E-state index contributed by atoms with van der Waals surface area (Å²) in [6.45, 7) is 3.73. The van der Waals surface area contributed by atoms with E-state index in [1.807, 2.05) is 0 Å². The molecule has 1 saturated heterocycles. The first kappa shape index (κ1) is 59.0. The van der Waals surface area contributed by atoms with Crippen LogP contribution in [0.5, 0.6) is 0 Å². The smallest absolute Gasteiger partial charge is 0.397 e. The summed E-state index contributed by atoms with van der Waals surface area (Å²) in [5, 5.41) is 30.7. The molecule has 0 saturated carbocycles. The van der Waals surface area contributed by atoms with Crippen LogP contribution in [0.2, 0.25) is 0 Å². The number of allylic oxidation sites excluding steroid dienone is 16. The lowest BCUT2D eigenvalue weighted by molar-refractivity contribution is -0.301. The van der Waals surface area contributed by atoms with Crippen molar-refractivity contribution in [3.63, 3.8) is 0 Å². The van der Waals surface area contributed by atoms with Crippen LogP contribution in [-0.2, 0) is 38.3 Å². The Balaban J connectivity index is 2.38. The molecule has 0 aromatic rings. The number of ether oxygens (including phenoxy) is 4. The van der Waals surface area contributed by atoms with Crippen LogP contribution in [0, 0.1) is 0 Å². The van der Waals surface area contributed by atoms with Gasteiger partial charge in [0.15, 0.2) is 6.29 Å². The van der Waals surface area contributed by atoms with Gasteiger partial charge in [-0.25, -0.2) is 4.18 Å². The predicted octanol–water partition coefficient (Wildman–Crippen LogP) is 10.6. The normalized spacial score (nSPS) is 20.6. The van der Waals surface area contributed by atoms with Crippen LogP contribution in [0.4, 0.5) is 0 Å². The molecule has 6 unspecified atom stereocenters. The maximum Gasteiger partial charge on any atom is 0.397 e. The highest BCUT2D eigenvalue weighted by molar-refractivity contribution is 7.80. The summed E-state index contributed by atoms with van der Waals surface area (Å²) < 4.78 is 59.0. The van der Waals surface area contributed by atoms with Crippen LogP contribution in [0.3, 0.4) is 0 Å². The highest BCUT2D eigenvalue weighted by Crippen LogP contribution is 2.26. The fourth-order valence-corrected chi connectivity index (χ4v) is 7.08. The van der Waals surface area contributed by atoms with Crippen LogP contribution in [-0.4, -0.2) is 97.5 Å². The third kappa shape index (κ3) is 34.4. The number of carbonyl (C=O) groups is 1. The Labute approximate surface area is 386 Å². The van der Waals surface area contributed by atoms with E-state index in [1.54, 1.807) is 0 Å². The van der Waals surface area contributed by atoms with Crippen LogP contribution in [0.25, 0.3) is 0 Å². The minimum absolute atomic E-state index is 0.00860. The van der Waals surface area contributed by atoms with Gasteiger partial charge in [0.25, 0.3) is 0 Å². The number of rotatable bonds is 40. The molecule has 1 fully saturated rings. The van der Waals surface area contributed by atoms with E-state index < -0.39 is 59.8 Å². The van der Waals surface area contributed by atoms with Crippen molar-refractivity contribution in [1.29, 1.82) is 0 Å². The van der Waals surface area contributed by atoms with Crippen molar-refractivity contribution in [1.82, 2.24) is 0 Å². The molecule has 0 aromatic carbocycles. The minimum Gasteiger partial charge on any atom is -0.457 e. The number of aliphatic hydroxyl groups is 3. The van der Waals surface area contributed by atoms with E-state index in [-0.39, 0.29) is 19.6 Å². The molecule has 1 aliphatic rings. The molecule has 0 aliphatic carbocycles. The third-order valence-corrected chi connectivity index (χ3v) is 10.7. The maximum absolute atomic E-state index is 12.8. The summed E-state index contributed by atoms with van der Waals surface area (Å²) in [7, 11) is -5.07. The van der Waals surface area contributed by atoms with E-state index in [2.05, 4.69) is 115 Å². The monoisotopic (exact) mass is 921 g/mol. The van der Waals surface area contributed by atoms with Gasteiger partial charge < -0.3 is 34.3 Å². The number of hydrogen-bond donors (Lipinski definition) is 4. The average molecular weight is 921 g/mol. The molecule has 64 heavy (non-hydrogen) atoms. The van der Waals surface area contributed by atoms with Crippen molar-refractivity contribution in [2.75, 3.05) is 26.4 Å². The minimum atomic E-state index is -5.07. The Morgan fingerprint density at radius 3 is 1.59 bits per heavy atom. The third-order valence-electron chi connectivity index (χ3n) is 10.2. The van der Waals surface area contributed by atoms with Gasteiger partial charge in [-0.1, -0.05) is 156 Å². The van der Waals surface area contributed by atoms with Gasteiger partial charge in [-0.2, -0.15) is 8.42 Å². The molecule has 1 rings (SSSR count). The van der Waals surface area contributed by atoms with Crippen molar-refractivity contribution >= 4 is 16.4 Å². The molecule has 1 aliphatic heterocycles. The number of esters is 1. The van der Waals surface area contributed by atoms with E-state index in [4.69, 9.17) is 23.5 Å². The Hall–Kier alpha value is -2.98. The number of aliphatic hydroxyl groups excluding tert-OH is 3. The van der Waals surface area contributed by atoms with Gasteiger partial charge in [-0.05, 0) is 89.9 Å². The van der Waals surface area contributed by atoms with Crippen LogP contribution in [0.1, 0.15) is 155 Å². The second-order valence-electron chi connectivity index (χ2n) is 16.0. The van der Waals surface area contributed by atoms with Crippen molar-refractivity contribution in [3.05, 3.63) is 97.2 Å². The lowest BCUT2D eigenvalue weighted by atomic mass is 9.99. The van der Waals surface area contributed by atoms with Crippen molar-refractivity contribution in [2.45, 2.75) is 192 Å². The second-order valence-corrected chi connectivity index (χ2v) is 17.0. The van der Waals surface area contributed by atoms with Crippen LogP contribution < -0.4 is 0 Å². The Bertz CT molecular complexity index is 1480. The molecular weight excluding hydrogens is 837 g/mol. The summed E-state index contributed by atoms with van der Waals surface area (Å²) in [5.74, 6) is -0.425. The van der Waals surface area contributed by atoms with E-state index in [1.165, 1.54) is 12.8 Å². The molecule has 366 valence electrons. The summed E-state index contributed by atoms with van der Waals surface area (Å²) in [4.78, 5) is 12.8. The first-order valence-electron chi connectivity index (χ1n) is 24.0. The van der Waals surface area contributed by atoms with Gasteiger partial charge in [0, 0.05) is 13.0 Å². The molecule has 0 bridgehead atoms. The zero-order valence-electron chi connectivity index (χ0n) is 39.0. The van der Waals surface area contributed by atoms with Crippen LogP contribution in [0.15, 0.2) is 97.2 Å². The quantitative estimate of drug-likeness (QED) is 0.0198. The van der Waals surface area contributed by atoms with E-state index >= 15 is 0 Å². The van der Waals surface area contributed by atoms with Gasteiger partial charge in [0.1, 0.15) is 30.5 Å². The molecule has 0 amide bonds. The molecule has 0 spiro atoms. The van der Waals surface area contributed by atoms with Gasteiger partial charge in [0.2, 0.25) is 0 Å². The lowest BCUT2D eigenvalue weighted by Crippen LogP contribution is -2.60. The number of hydrogen-bond acceptors (Lipinski definition) is 11. The average Bonchev–Trinajstić information content (AvgIpc) is 3.27. The summed E-state index contributed by atoms with van der Waals surface area (Å²) in [5.41, 5.74) is 0. The highest BCUT2D eigenvalue weighted by Gasteiger charge is 2.48. The molecule has 13 heteroatoms. The molecule has 6 atom stereocenters. The summed E-state index contributed by atoms with van der Waals surface area (Å²) >= 11 is 0. The molecule has 12 nitrogen and oxygen atoms in total. The lowest BCUT2D eigenvalue weighted by Gasteiger charge is -2.41. The Morgan fingerprint density at radius 1 is 0.609 bits per heavy atom. The van der Waals surface area contributed by atoms with Crippen molar-refractivity contribution < 1.29 is 56.2 Å². The summed E-state index contributed by atoms with van der Waals surface area (Å²) in [6, 6.07) is 0. The molecular formula is C51H84O12S. The van der Waals surface area contributed by atoms with E-state index in [0.29, 0.717) is 13.0 Å². The predicted molar refractivity (Wildman–Crippen MR) is 257 cm³/mol.